The van der Waals surface area contributed by atoms with Crippen molar-refractivity contribution in [1.82, 2.24) is 0 Å². The monoisotopic (exact) mass is 378 g/mol. The molecule has 26 heavy (non-hydrogen) atoms. The molecule has 0 aromatic heterocycles. The molecular formula is C22H18O2S2. The van der Waals surface area contributed by atoms with E-state index in [4.69, 9.17) is 0 Å². The highest BCUT2D eigenvalue weighted by Crippen LogP contribution is 2.48. The minimum absolute atomic E-state index is 0.0506. The third-order valence-corrected chi connectivity index (χ3v) is 6.48. The van der Waals surface area contributed by atoms with E-state index in [1.807, 2.05) is 73.7 Å². The van der Waals surface area contributed by atoms with E-state index in [-0.39, 0.29) is 10.2 Å². The van der Waals surface area contributed by atoms with Crippen molar-refractivity contribution in [2.45, 2.75) is 11.0 Å². The van der Waals surface area contributed by atoms with Gasteiger partial charge in [-0.2, -0.15) is 0 Å². The Bertz CT molecular complexity index is 824. The molecule has 0 saturated heterocycles. The summed E-state index contributed by atoms with van der Waals surface area (Å²) < 4.78 is -0.721. The van der Waals surface area contributed by atoms with Crippen molar-refractivity contribution in [2.75, 3.05) is 0 Å². The van der Waals surface area contributed by atoms with Gasteiger partial charge in [0.15, 0.2) is 0 Å². The first-order chi connectivity index (χ1) is 12.6. The predicted octanol–water partition coefficient (Wildman–Crippen LogP) is 6.01. The maximum Gasteiger partial charge on any atom is 0.221 e. The maximum absolute atomic E-state index is 12.8. The molecule has 0 bridgehead atoms. The Morgan fingerprint density at radius 1 is 0.615 bits per heavy atom. The summed E-state index contributed by atoms with van der Waals surface area (Å²) in [6, 6.07) is 28.0. The minimum atomic E-state index is -0.721. The average molecular weight is 379 g/mol. The van der Waals surface area contributed by atoms with Crippen LogP contribution in [-0.4, -0.2) is 10.2 Å². The molecule has 0 aliphatic carbocycles. The first-order valence-corrected chi connectivity index (χ1v) is 9.84. The smallest absolute Gasteiger partial charge is 0.221 e. The standard InChI is InChI=1S/C22H18O2S2/c1-22(19-15-9-4-10-16-19,25-20(23)17-11-5-2-6-12-17)26-21(24)18-13-7-3-8-14-18/h2-16H,1H3. The summed E-state index contributed by atoms with van der Waals surface area (Å²) in [5.41, 5.74) is 2.20. The molecule has 3 rings (SSSR count). The van der Waals surface area contributed by atoms with Crippen molar-refractivity contribution >= 4 is 33.8 Å². The summed E-state index contributed by atoms with van der Waals surface area (Å²) in [6.45, 7) is 1.93. The largest absolute Gasteiger partial charge is 0.282 e. The van der Waals surface area contributed by atoms with Gasteiger partial charge in [0, 0.05) is 11.1 Å². The molecular weight excluding hydrogens is 360 g/mol. The van der Waals surface area contributed by atoms with Crippen LogP contribution < -0.4 is 0 Å². The summed E-state index contributed by atoms with van der Waals surface area (Å²) >= 11 is 2.36. The summed E-state index contributed by atoms with van der Waals surface area (Å²) in [6.07, 6.45) is 0. The Balaban J connectivity index is 1.90. The van der Waals surface area contributed by atoms with E-state index in [1.165, 1.54) is 23.5 Å². The molecule has 0 N–H and O–H groups in total. The second kappa shape index (κ2) is 8.39. The zero-order valence-corrected chi connectivity index (χ0v) is 15.9. The number of carbonyl (C=O) groups is 2. The third-order valence-electron chi connectivity index (χ3n) is 3.89. The van der Waals surface area contributed by atoms with Crippen molar-refractivity contribution in [3.05, 3.63) is 108 Å². The SMILES string of the molecule is CC(SC(=O)c1ccccc1)(SC(=O)c1ccccc1)c1ccccc1. The molecule has 4 heteroatoms. The fourth-order valence-electron chi connectivity index (χ4n) is 2.50. The van der Waals surface area contributed by atoms with Crippen molar-refractivity contribution in [1.29, 1.82) is 0 Å². The highest BCUT2D eigenvalue weighted by Gasteiger charge is 2.34. The van der Waals surface area contributed by atoms with Crippen LogP contribution in [0.3, 0.4) is 0 Å². The van der Waals surface area contributed by atoms with Crippen molar-refractivity contribution in [3.8, 4) is 0 Å². The molecule has 3 aromatic carbocycles. The zero-order valence-electron chi connectivity index (χ0n) is 14.3. The van der Waals surface area contributed by atoms with Crippen molar-refractivity contribution in [2.24, 2.45) is 0 Å². The fourth-order valence-corrected chi connectivity index (χ4v) is 4.84. The van der Waals surface area contributed by atoms with E-state index in [2.05, 4.69) is 0 Å². The lowest BCUT2D eigenvalue weighted by Gasteiger charge is -2.27. The van der Waals surface area contributed by atoms with Crippen LogP contribution in [0.1, 0.15) is 33.2 Å². The normalized spacial score (nSPS) is 11.1. The van der Waals surface area contributed by atoms with Crippen LogP contribution in [0.25, 0.3) is 0 Å². The van der Waals surface area contributed by atoms with Crippen LogP contribution in [0, 0.1) is 0 Å². The molecule has 0 aliphatic heterocycles. The highest BCUT2D eigenvalue weighted by atomic mass is 32.2. The fraction of sp³-hybridized carbons (Fsp3) is 0.0909. The minimum Gasteiger partial charge on any atom is -0.282 e. The molecule has 0 spiro atoms. The van der Waals surface area contributed by atoms with Gasteiger partial charge in [-0.05, 0) is 12.5 Å². The first-order valence-electron chi connectivity index (χ1n) is 8.21. The third kappa shape index (κ3) is 4.45. The molecule has 0 amide bonds. The van der Waals surface area contributed by atoms with E-state index in [1.54, 1.807) is 24.3 Å². The quantitative estimate of drug-likeness (QED) is 0.509. The second-order valence-electron chi connectivity index (χ2n) is 5.82. The van der Waals surface area contributed by atoms with Gasteiger partial charge >= 0.3 is 0 Å². The number of rotatable bonds is 5. The van der Waals surface area contributed by atoms with Crippen LogP contribution in [-0.2, 0) is 4.08 Å². The molecule has 0 heterocycles. The summed E-state index contributed by atoms with van der Waals surface area (Å²) in [5.74, 6) is 0. The number of benzene rings is 3. The summed E-state index contributed by atoms with van der Waals surface area (Å²) in [7, 11) is 0. The molecule has 130 valence electrons. The number of carbonyl (C=O) groups excluding carboxylic acids is 2. The van der Waals surface area contributed by atoms with Gasteiger partial charge < -0.3 is 0 Å². The lowest BCUT2D eigenvalue weighted by molar-refractivity contribution is 0.108. The molecule has 0 unspecified atom stereocenters. The number of thioether (sulfide) groups is 2. The Morgan fingerprint density at radius 2 is 0.962 bits per heavy atom. The highest BCUT2D eigenvalue weighted by molar-refractivity contribution is 8.30. The van der Waals surface area contributed by atoms with E-state index in [9.17, 15) is 9.59 Å². The van der Waals surface area contributed by atoms with Crippen LogP contribution in [0.5, 0.6) is 0 Å². The topological polar surface area (TPSA) is 34.1 Å². The summed E-state index contributed by atoms with van der Waals surface area (Å²) in [5, 5.41) is -0.101. The van der Waals surface area contributed by atoms with Gasteiger partial charge in [-0.1, -0.05) is 115 Å². The average Bonchev–Trinajstić information content (AvgIpc) is 2.70. The first kappa shape index (κ1) is 18.5. The molecule has 0 radical (unpaired) electrons. The Kier molecular flexibility index (Phi) is 5.96. The number of hydrogen-bond acceptors (Lipinski definition) is 4. The van der Waals surface area contributed by atoms with E-state index < -0.39 is 4.08 Å². The van der Waals surface area contributed by atoms with Gasteiger partial charge in [0.2, 0.25) is 10.2 Å². The molecule has 0 saturated carbocycles. The maximum atomic E-state index is 12.8. The van der Waals surface area contributed by atoms with Gasteiger partial charge in [0.05, 0.1) is 4.08 Å². The lowest BCUT2D eigenvalue weighted by Crippen LogP contribution is -2.18. The van der Waals surface area contributed by atoms with Crippen molar-refractivity contribution < 1.29 is 9.59 Å². The molecule has 3 aromatic rings. The van der Waals surface area contributed by atoms with Gasteiger partial charge in [0.25, 0.3) is 0 Å². The van der Waals surface area contributed by atoms with Gasteiger partial charge in [-0.15, -0.1) is 0 Å². The summed E-state index contributed by atoms with van der Waals surface area (Å²) in [4.78, 5) is 25.6. The molecule has 0 atom stereocenters. The van der Waals surface area contributed by atoms with E-state index >= 15 is 0 Å². The lowest BCUT2D eigenvalue weighted by atomic mass is 10.2. The van der Waals surface area contributed by atoms with Crippen LogP contribution in [0.4, 0.5) is 0 Å². The van der Waals surface area contributed by atoms with E-state index in [0.717, 1.165) is 5.56 Å². The van der Waals surface area contributed by atoms with E-state index in [0.29, 0.717) is 11.1 Å². The van der Waals surface area contributed by atoms with Crippen LogP contribution in [0.2, 0.25) is 0 Å². The van der Waals surface area contributed by atoms with Gasteiger partial charge in [-0.3, -0.25) is 9.59 Å². The predicted molar refractivity (Wildman–Crippen MR) is 111 cm³/mol. The molecule has 0 aliphatic rings. The van der Waals surface area contributed by atoms with Gasteiger partial charge in [-0.25, -0.2) is 0 Å². The Hall–Kier alpha value is -2.30. The zero-order chi connectivity index (χ0) is 18.4. The van der Waals surface area contributed by atoms with Gasteiger partial charge in [0.1, 0.15) is 0 Å². The molecule has 2 nitrogen and oxygen atoms in total. The second-order valence-corrected chi connectivity index (χ2v) is 8.86. The number of hydrogen-bond donors (Lipinski definition) is 0. The Morgan fingerprint density at radius 3 is 1.35 bits per heavy atom. The Labute approximate surface area is 162 Å². The molecule has 0 fully saturated rings. The van der Waals surface area contributed by atoms with Crippen LogP contribution >= 0.6 is 23.5 Å². The van der Waals surface area contributed by atoms with Crippen molar-refractivity contribution in [3.63, 3.8) is 0 Å². The van der Waals surface area contributed by atoms with Crippen LogP contribution in [0.15, 0.2) is 91.0 Å².